The molecule has 2 fully saturated rings. The zero-order valence-electron chi connectivity index (χ0n) is 19.0. The van der Waals surface area contributed by atoms with Crippen LogP contribution in [0.1, 0.15) is 44.1 Å². The van der Waals surface area contributed by atoms with Crippen molar-refractivity contribution in [2.24, 2.45) is 10.7 Å². The van der Waals surface area contributed by atoms with Crippen LogP contribution in [0, 0.1) is 0 Å². The van der Waals surface area contributed by atoms with E-state index in [0.29, 0.717) is 12.5 Å². The Kier molecular flexibility index (Phi) is 11.2. The van der Waals surface area contributed by atoms with Gasteiger partial charge in [0.2, 0.25) is 0 Å². The number of morpholine rings is 1. The quantitative estimate of drug-likeness (QED) is 0.215. The van der Waals surface area contributed by atoms with E-state index in [1.807, 2.05) is 6.07 Å². The fourth-order valence-corrected chi connectivity index (χ4v) is 4.57. The number of nitrogens with two attached hydrogens (primary N) is 1. The Morgan fingerprint density at radius 1 is 1.13 bits per heavy atom. The second-order valence-corrected chi connectivity index (χ2v) is 8.35. The molecule has 176 valence electrons. The summed E-state index contributed by atoms with van der Waals surface area (Å²) in [5, 5.41) is 3.30. The third-order valence-electron chi connectivity index (χ3n) is 6.42. The molecule has 8 heteroatoms. The van der Waals surface area contributed by atoms with Crippen LogP contribution in [0.4, 0.5) is 0 Å². The minimum Gasteiger partial charge on any atom is -0.493 e. The van der Waals surface area contributed by atoms with Crippen molar-refractivity contribution < 1.29 is 14.2 Å². The van der Waals surface area contributed by atoms with Gasteiger partial charge in [-0.05, 0) is 43.5 Å². The van der Waals surface area contributed by atoms with Gasteiger partial charge in [-0.3, -0.25) is 9.89 Å². The van der Waals surface area contributed by atoms with Crippen LogP contribution in [0.15, 0.2) is 23.2 Å². The number of nitrogens with zero attached hydrogens (tertiary/aromatic N) is 2. The SMILES string of the molecule is COc1ccc(C2(CN=C(N)NCCCN3CCOCC3)CCCCC2)cc1OC.I. The first-order valence-corrected chi connectivity index (χ1v) is 11.2. The topological polar surface area (TPSA) is 81.3 Å². The molecular formula is C23H39IN4O3. The lowest BCUT2D eigenvalue weighted by Gasteiger charge is -2.37. The highest BCUT2D eigenvalue weighted by Crippen LogP contribution is 2.42. The van der Waals surface area contributed by atoms with E-state index in [-0.39, 0.29) is 29.4 Å². The van der Waals surface area contributed by atoms with E-state index in [9.17, 15) is 0 Å². The normalized spacial score (nSPS) is 19.4. The summed E-state index contributed by atoms with van der Waals surface area (Å²) in [4.78, 5) is 7.19. The highest BCUT2D eigenvalue weighted by molar-refractivity contribution is 14.0. The number of hydrogen-bond acceptors (Lipinski definition) is 5. The van der Waals surface area contributed by atoms with Crippen molar-refractivity contribution in [1.29, 1.82) is 0 Å². The van der Waals surface area contributed by atoms with Crippen LogP contribution in [-0.2, 0) is 10.2 Å². The van der Waals surface area contributed by atoms with E-state index in [1.165, 1.54) is 24.8 Å². The fourth-order valence-electron chi connectivity index (χ4n) is 4.57. The van der Waals surface area contributed by atoms with Crippen LogP contribution in [0.2, 0.25) is 0 Å². The Morgan fingerprint density at radius 2 is 1.84 bits per heavy atom. The molecule has 1 saturated carbocycles. The number of nitrogens with one attached hydrogen (secondary N) is 1. The number of halogens is 1. The lowest BCUT2D eigenvalue weighted by atomic mass is 9.69. The average Bonchev–Trinajstić information content (AvgIpc) is 2.81. The van der Waals surface area contributed by atoms with Crippen molar-refractivity contribution in [3.05, 3.63) is 23.8 Å². The molecule has 0 atom stereocenters. The third-order valence-corrected chi connectivity index (χ3v) is 6.42. The molecule has 0 aromatic heterocycles. The van der Waals surface area contributed by atoms with Crippen LogP contribution in [0.5, 0.6) is 11.5 Å². The van der Waals surface area contributed by atoms with Gasteiger partial charge in [0, 0.05) is 25.0 Å². The van der Waals surface area contributed by atoms with Crippen molar-refractivity contribution in [3.63, 3.8) is 0 Å². The van der Waals surface area contributed by atoms with Crippen molar-refractivity contribution >= 4 is 29.9 Å². The Morgan fingerprint density at radius 3 is 2.52 bits per heavy atom. The molecule has 2 aliphatic rings. The van der Waals surface area contributed by atoms with Gasteiger partial charge < -0.3 is 25.3 Å². The maximum atomic E-state index is 6.21. The summed E-state index contributed by atoms with van der Waals surface area (Å²) in [5.74, 6) is 2.08. The van der Waals surface area contributed by atoms with Crippen molar-refractivity contribution in [1.82, 2.24) is 10.2 Å². The van der Waals surface area contributed by atoms with E-state index in [1.54, 1.807) is 14.2 Å². The van der Waals surface area contributed by atoms with Crippen LogP contribution in [0.3, 0.4) is 0 Å². The van der Waals surface area contributed by atoms with Crippen LogP contribution >= 0.6 is 24.0 Å². The molecule has 1 aliphatic heterocycles. The first kappa shape index (κ1) is 26.0. The maximum absolute atomic E-state index is 6.21. The Balaban J connectivity index is 0.00000341. The zero-order chi connectivity index (χ0) is 21.2. The number of rotatable bonds is 9. The molecule has 0 radical (unpaired) electrons. The average molecular weight is 546 g/mol. The molecule has 0 amide bonds. The van der Waals surface area contributed by atoms with E-state index in [0.717, 1.165) is 70.2 Å². The van der Waals surface area contributed by atoms with Gasteiger partial charge in [-0.1, -0.05) is 25.3 Å². The monoisotopic (exact) mass is 546 g/mol. The Labute approximate surface area is 204 Å². The van der Waals surface area contributed by atoms with Gasteiger partial charge in [0.1, 0.15) is 0 Å². The van der Waals surface area contributed by atoms with Crippen molar-refractivity contribution in [3.8, 4) is 11.5 Å². The molecule has 1 aliphatic carbocycles. The van der Waals surface area contributed by atoms with E-state index in [2.05, 4.69) is 22.3 Å². The number of ether oxygens (including phenoxy) is 3. The third kappa shape index (κ3) is 7.39. The highest BCUT2D eigenvalue weighted by Gasteiger charge is 2.34. The van der Waals surface area contributed by atoms with Gasteiger partial charge in [-0.15, -0.1) is 24.0 Å². The molecule has 1 heterocycles. The standard InChI is InChI=1S/C23H38N4O3.HI/c1-28-20-8-7-19(17-21(20)29-2)23(9-4-3-5-10-23)18-26-22(24)25-11-6-12-27-13-15-30-16-14-27;/h7-8,17H,3-6,9-16,18H2,1-2H3,(H3,24,25,26);1H. The highest BCUT2D eigenvalue weighted by atomic mass is 127. The minimum atomic E-state index is 0. The van der Waals surface area contributed by atoms with E-state index in [4.69, 9.17) is 24.9 Å². The molecule has 0 spiro atoms. The molecule has 3 rings (SSSR count). The summed E-state index contributed by atoms with van der Waals surface area (Å²) in [6.07, 6.45) is 7.02. The predicted octanol–water partition coefficient (Wildman–Crippen LogP) is 3.15. The summed E-state index contributed by atoms with van der Waals surface area (Å²) in [6.45, 7) is 6.35. The summed E-state index contributed by atoms with van der Waals surface area (Å²) in [5.41, 5.74) is 7.49. The molecule has 31 heavy (non-hydrogen) atoms. The summed E-state index contributed by atoms with van der Waals surface area (Å²) >= 11 is 0. The predicted molar refractivity (Wildman–Crippen MR) is 136 cm³/mol. The molecule has 7 nitrogen and oxygen atoms in total. The number of benzene rings is 1. The summed E-state index contributed by atoms with van der Waals surface area (Å²) in [7, 11) is 3.36. The lowest BCUT2D eigenvalue weighted by Crippen LogP contribution is -2.40. The van der Waals surface area contributed by atoms with Crippen molar-refractivity contribution in [2.45, 2.75) is 43.9 Å². The number of guanidine groups is 1. The van der Waals surface area contributed by atoms with Gasteiger partial charge in [-0.25, -0.2) is 0 Å². The molecule has 3 N–H and O–H groups in total. The first-order chi connectivity index (χ1) is 14.7. The van der Waals surface area contributed by atoms with Gasteiger partial charge in [-0.2, -0.15) is 0 Å². The number of hydrogen-bond donors (Lipinski definition) is 2. The molecule has 1 aromatic carbocycles. The maximum Gasteiger partial charge on any atom is 0.188 e. The summed E-state index contributed by atoms with van der Waals surface area (Å²) in [6, 6.07) is 6.28. The molecule has 1 saturated heterocycles. The molecule has 1 aromatic rings. The summed E-state index contributed by atoms with van der Waals surface area (Å²) < 4.78 is 16.4. The fraction of sp³-hybridized carbons (Fsp3) is 0.696. The second kappa shape index (κ2) is 13.3. The van der Waals surface area contributed by atoms with Gasteiger partial charge in [0.25, 0.3) is 0 Å². The first-order valence-electron chi connectivity index (χ1n) is 11.2. The van der Waals surface area contributed by atoms with Crippen molar-refractivity contribution in [2.75, 3.05) is 60.2 Å². The number of methoxy groups -OCH3 is 2. The zero-order valence-corrected chi connectivity index (χ0v) is 21.4. The number of aliphatic imine (C=N–C) groups is 1. The molecule has 0 bridgehead atoms. The second-order valence-electron chi connectivity index (χ2n) is 8.35. The van der Waals surface area contributed by atoms with Crippen LogP contribution in [-0.4, -0.2) is 71.0 Å². The lowest BCUT2D eigenvalue weighted by molar-refractivity contribution is 0.0376. The van der Waals surface area contributed by atoms with E-state index >= 15 is 0 Å². The van der Waals surface area contributed by atoms with E-state index < -0.39 is 0 Å². The smallest absolute Gasteiger partial charge is 0.188 e. The largest absolute Gasteiger partial charge is 0.493 e. The Hall–Kier alpha value is -1.26. The minimum absolute atomic E-state index is 0. The van der Waals surface area contributed by atoms with Crippen LogP contribution < -0.4 is 20.5 Å². The van der Waals surface area contributed by atoms with Gasteiger partial charge in [0.05, 0.1) is 34.0 Å². The van der Waals surface area contributed by atoms with Gasteiger partial charge >= 0.3 is 0 Å². The van der Waals surface area contributed by atoms with Crippen LogP contribution in [0.25, 0.3) is 0 Å². The molecular weight excluding hydrogens is 507 g/mol. The molecule has 0 unspecified atom stereocenters. The van der Waals surface area contributed by atoms with Gasteiger partial charge in [0.15, 0.2) is 17.5 Å². The Bertz CT molecular complexity index is 689.